The highest BCUT2D eigenvalue weighted by Gasteiger charge is 2.51. The Hall–Kier alpha value is -1.60. The maximum Gasteiger partial charge on any atom is 0.496 e. The molecule has 0 spiro atoms. The summed E-state index contributed by atoms with van der Waals surface area (Å²) < 4.78 is 23.2. The second kappa shape index (κ2) is 7.10. The van der Waals surface area contributed by atoms with Crippen molar-refractivity contribution in [3.8, 4) is 5.88 Å². The van der Waals surface area contributed by atoms with Gasteiger partial charge in [-0.25, -0.2) is 4.98 Å². The number of carbonyl (C=O) groups excluding carboxylic acids is 1. The summed E-state index contributed by atoms with van der Waals surface area (Å²) in [5, 5.41) is 0. The van der Waals surface area contributed by atoms with Crippen molar-refractivity contribution in [2.75, 3.05) is 6.61 Å². The minimum atomic E-state index is -0.778. The first-order chi connectivity index (χ1) is 12.1. The van der Waals surface area contributed by atoms with E-state index in [0.29, 0.717) is 5.88 Å². The zero-order valence-electron chi connectivity index (χ0n) is 18.0. The van der Waals surface area contributed by atoms with Crippen LogP contribution in [0.4, 0.5) is 0 Å². The zero-order valence-corrected chi connectivity index (χ0v) is 18.0. The molecule has 7 heteroatoms. The first kappa shape index (κ1) is 21.7. The summed E-state index contributed by atoms with van der Waals surface area (Å²) in [6, 6.07) is 3.62. The smallest absolute Gasteiger partial charge is 0.476 e. The molecule has 1 saturated heterocycles. The first-order valence-electron chi connectivity index (χ1n) is 9.31. The van der Waals surface area contributed by atoms with E-state index >= 15 is 0 Å². The fourth-order valence-electron chi connectivity index (χ4n) is 2.33. The van der Waals surface area contributed by atoms with Gasteiger partial charge in [-0.1, -0.05) is 6.07 Å². The molecule has 1 aromatic heterocycles. The molecule has 0 radical (unpaired) electrons. The molecular weight excluding hydrogens is 345 g/mol. The van der Waals surface area contributed by atoms with E-state index in [4.69, 9.17) is 18.8 Å². The normalized spacial score (nSPS) is 19.1. The standard InChI is InChI=1S/C20H32BNO5/c1-17(2,3)25-16(23)18(4,5)13-24-15-11-10-14(12-22-15)21-26-19(6,7)20(8,9)27-21/h10-12H,13H2,1-9H3. The van der Waals surface area contributed by atoms with Gasteiger partial charge in [0.2, 0.25) is 5.88 Å². The highest BCUT2D eigenvalue weighted by Crippen LogP contribution is 2.36. The molecule has 1 aliphatic heterocycles. The average Bonchev–Trinajstić information content (AvgIpc) is 2.72. The molecule has 0 bridgehead atoms. The molecule has 0 atom stereocenters. The maximum atomic E-state index is 12.3. The average molecular weight is 377 g/mol. The van der Waals surface area contributed by atoms with Crippen LogP contribution in [0.5, 0.6) is 5.88 Å². The SMILES string of the molecule is CC(C)(C)OC(=O)C(C)(C)COc1ccc(B2OC(C)(C)C(C)(C)O2)cn1. The Labute approximate surface area is 163 Å². The summed E-state index contributed by atoms with van der Waals surface area (Å²) in [6.45, 7) is 17.3. The van der Waals surface area contributed by atoms with Crippen LogP contribution in [0.2, 0.25) is 0 Å². The lowest BCUT2D eigenvalue weighted by atomic mass is 9.80. The number of nitrogens with zero attached hydrogens (tertiary/aromatic N) is 1. The summed E-state index contributed by atoms with van der Waals surface area (Å²) in [4.78, 5) is 16.6. The Morgan fingerprint density at radius 2 is 1.63 bits per heavy atom. The summed E-state index contributed by atoms with van der Waals surface area (Å²) in [5.74, 6) is 0.135. The van der Waals surface area contributed by atoms with Gasteiger partial charge in [-0.3, -0.25) is 4.79 Å². The summed E-state index contributed by atoms with van der Waals surface area (Å²) in [7, 11) is -0.463. The molecule has 2 heterocycles. The molecular formula is C20H32BNO5. The van der Waals surface area contributed by atoms with Crippen LogP contribution in [0.25, 0.3) is 0 Å². The lowest BCUT2D eigenvalue weighted by molar-refractivity contribution is -0.167. The van der Waals surface area contributed by atoms with Gasteiger partial charge in [0, 0.05) is 11.7 Å². The molecule has 0 saturated carbocycles. The van der Waals surface area contributed by atoms with Crippen LogP contribution in [0.3, 0.4) is 0 Å². The van der Waals surface area contributed by atoms with Crippen LogP contribution in [-0.2, 0) is 18.8 Å². The van der Waals surface area contributed by atoms with Crippen molar-refractivity contribution >= 4 is 18.6 Å². The Bertz CT molecular complexity index is 661. The van der Waals surface area contributed by atoms with Crippen molar-refractivity contribution in [2.24, 2.45) is 5.41 Å². The van der Waals surface area contributed by atoms with Gasteiger partial charge in [-0.2, -0.15) is 0 Å². The predicted octanol–water partition coefficient (Wildman–Crippen LogP) is 3.13. The minimum absolute atomic E-state index is 0.171. The van der Waals surface area contributed by atoms with E-state index in [-0.39, 0.29) is 12.6 Å². The molecule has 2 rings (SSSR count). The molecule has 1 fully saturated rings. The highest BCUT2D eigenvalue weighted by molar-refractivity contribution is 6.62. The topological polar surface area (TPSA) is 66.9 Å². The fourth-order valence-corrected chi connectivity index (χ4v) is 2.33. The zero-order chi connectivity index (χ0) is 20.7. The van der Waals surface area contributed by atoms with Crippen molar-refractivity contribution in [1.82, 2.24) is 4.98 Å². The second-order valence-corrected chi connectivity index (χ2v) is 9.69. The fraction of sp³-hybridized carbons (Fsp3) is 0.700. The largest absolute Gasteiger partial charge is 0.496 e. The lowest BCUT2D eigenvalue weighted by Gasteiger charge is -2.32. The van der Waals surface area contributed by atoms with E-state index in [1.807, 2.05) is 54.5 Å². The second-order valence-electron chi connectivity index (χ2n) is 9.69. The van der Waals surface area contributed by atoms with Crippen LogP contribution in [0, 0.1) is 5.41 Å². The summed E-state index contributed by atoms with van der Waals surface area (Å²) in [6.07, 6.45) is 1.68. The van der Waals surface area contributed by atoms with Gasteiger partial charge in [0.15, 0.2) is 0 Å². The molecule has 6 nitrogen and oxygen atoms in total. The predicted molar refractivity (Wildman–Crippen MR) is 105 cm³/mol. The number of ether oxygens (including phenoxy) is 2. The van der Waals surface area contributed by atoms with Gasteiger partial charge in [-0.05, 0) is 68.4 Å². The number of hydrogen-bond acceptors (Lipinski definition) is 6. The van der Waals surface area contributed by atoms with Gasteiger partial charge in [0.1, 0.15) is 12.2 Å². The van der Waals surface area contributed by atoms with E-state index in [1.165, 1.54) is 0 Å². The lowest BCUT2D eigenvalue weighted by Crippen LogP contribution is -2.41. The van der Waals surface area contributed by atoms with Crippen LogP contribution < -0.4 is 10.2 Å². The number of esters is 1. The Kier molecular flexibility index (Phi) is 5.70. The van der Waals surface area contributed by atoms with Crippen molar-refractivity contribution in [3.63, 3.8) is 0 Å². The number of aromatic nitrogens is 1. The molecule has 0 unspecified atom stereocenters. The molecule has 27 heavy (non-hydrogen) atoms. The quantitative estimate of drug-likeness (QED) is 0.580. The summed E-state index contributed by atoms with van der Waals surface area (Å²) >= 11 is 0. The maximum absolute atomic E-state index is 12.3. The van der Waals surface area contributed by atoms with Crippen LogP contribution in [0.1, 0.15) is 62.3 Å². The first-order valence-corrected chi connectivity index (χ1v) is 9.31. The number of rotatable bonds is 5. The number of carbonyl (C=O) groups is 1. The molecule has 1 aliphatic rings. The van der Waals surface area contributed by atoms with E-state index in [0.717, 1.165) is 5.46 Å². The molecule has 150 valence electrons. The van der Waals surface area contributed by atoms with E-state index in [9.17, 15) is 4.79 Å². The Morgan fingerprint density at radius 3 is 2.07 bits per heavy atom. The molecule has 0 N–H and O–H groups in total. The van der Waals surface area contributed by atoms with Gasteiger partial charge >= 0.3 is 13.1 Å². The Balaban J connectivity index is 1.98. The van der Waals surface area contributed by atoms with E-state index < -0.39 is 29.3 Å². The monoisotopic (exact) mass is 377 g/mol. The van der Waals surface area contributed by atoms with Crippen molar-refractivity contribution in [2.45, 2.75) is 79.1 Å². The van der Waals surface area contributed by atoms with Crippen LogP contribution in [0.15, 0.2) is 18.3 Å². The third-order valence-corrected chi connectivity index (χ3v) is 4.82. The van der Waals surface area contributed by atoms with Gasteiger partial charge < -0.3 is 18.8 Å². The van der Waals surface area contributed by atoms with Crippen molar-refractivity contribution in [3.05, 3.63) is 18.3 Å². The van der Waals surface area contributed by atoms with E-state index in [2.05, 4.69) is 4.98 Å². The molecule has 0 aliphatic carbocycles. The molecule has 0 amide bonds. The Morgan fingerprint density at radius 1 is 1.07 bits per heavy atom. The van der Waals surface area contributed by atoms with Crippen LogP contribution in [-0.4, -0.2) is 41.5 Å². The third kappa shape index (κ3) is 5.23. The van der Waals surface area contributed by atoms with Crippen molar-refractivity contribution in [1.29, 1.82) is 0 Å². The summed E-state index contributed by atoms with van der Waals surface area (Å²) in [5.41, 5.74) is -1.28. The number of hydrogen-bond donors (Lipinski definition) is 0. The molecule has 1 aromatic rings. The number of pyridine rings is 1. The van der Waals surface area contributed by atoms with E-state index in [1.54, 1.807) is 26.1 Å². The third-order valence-electron chi connectivity index (χ3n) is 4.82. The van der Waals surface area contributed by atoms with Gasteiger partial charge in [0.25, 0.3) is 0 Å². The van der Waals surface area contributed by atoms with Gasteiger partial charge in [0.05, 0.1) is 16.6 Å². The highest BCUT2D eigenvalue weighted by atomic mass is 16.7. The minimum Gasteiger partial charge on any atom is -0.476 e. The van der Waals surface area contributed by atoms with Crippen molar-refractivity contribution < 1.29 is 23.6 Å². The van der Waals surface area contributed by atoms with Gasteiger partial charge in [-0.15, -0.1) is 0 Å². The van der Waals surface area contributed by atoms with Crippen LogP contribution >= 0.6 is 0 Å². The molecule has 0 aromatic carbocycles.